The minimum absolute atomic E-state index is 0.442. The van der Waals surface area contributed by atoms with Crippen molar-refractivity contribution in [1.82, 2.24) is 9.97 Å². The number of benzene rings is 1. The smallest absolute Gasteiger partial charge is 0.116 e. The number of nitrogens with zero attached hydrogens (tertiary/aromatic N) is 2. The molecule has 1 aromatic heterocycles. The monoisotopic (exact) mass is 187 g/mol. The number of anilines is 1. The number of rotatable bonds is 2. The second kappa shape index (κ2) is 3.62. The highest BCUT2D eigenvalue weighted by Crippen LogP contribution is 2.16. The summed E-state index contributed by atoms with van der Waals surface area (Å²) in [6.07, 6.45) is 3.39. The summed E-state index contributed by atoms with van der Waals surface area (Å²) in [5, 5.41) is 4.41. The van der Waals surface area contributed by atoms with Crippen molar-refractivity contribution in [2.45, 2.75) is 19.9 Å². The molecule has 0 fully saturated rings. The van der Waals surface area contributed by atoms with Crippen molar-refractivity contribution in [3.05, 3.63) is 30.7 Å². The Kier molecular flexibility index (Phi) is 2.31. The predicted octanol–water partition coefficient (Wildman–Crippen LogP) is 2.45. The molecule has 2 aromatic rings. The van der Waals surface area contributed by atoms with Gasteiger partial charge >= 0.3 is 0 Å². The van der Waals surface area contributed by atoms with Gasteiger partial charge in [-0.05, 0) is 32.0 Å². The van der Waals surface area contributed by atoms with Crippen LogP contribution in [-0.4, -0.2) is 16.0 Å². The summed E-state index contributed by atoms with van der Waals surface area (Å²) in [4.78, 5) is 8.16. The maximum Gasteiger partial charge on any atom is 0.116 e. The lowest BCUT2D eigenvalue weighted by molar-refractivity contribution is 0.900. The zero-order valence-electron chi connectivity index (χ0n) is 8.36. The Morgan fingerprint density at radius 2 is 2.14 bits per heavy atom. The van der Waals surface area contributed by atoms with E-state index in [1.54, 1.807) is 6.33 Å². The zero-order valence-corrected chi connectivity index (χ0v) is 8.36. The fraction of sp³-hybridized carbons (Fsp3) is 0.273. The molecule has 0 atom stereocenters. The van der Waals surface area contributed by atoms with Crippen LogP contribution in [0.3, 0.4) is 0 Å². The normalized spacial score (nSPS) is 10.8. The van der Waals surface area contributed by atoms with Gasteiger partial charge in [0.2, 0.25) is 0 Å². The second-order valence-corrected chi connectivity index (χ2v) is 3.60. The highest BCUT2D eigenvalue weighted by atomic mass is 14.9. The van der Waals surface area contributed by atoms with Gasteiger partial charge in [-0.15, -0.1) is 0 Å². The SMILES string of the molecule is CC(C)Nc1ccc2ncncc2c1. The van der Waals surface area contributed by atoms with Crippen molar-refractivity contribution in [3.8, 4) is 0 Å². The third-order valence-corrected chi connectivity index (χ3v) is 1.96. The topological polar surface area (TPSA) is 37.8 Å². The quantitative estimate of drug-likeness (QED) is 0.784. The summed E-state index contributed by atoms with van der Waals surface area (Å²) in [5.41, 5.74) is 2.09. The van der Waals surface area contributed by atoms with Gasteiger partial charge in [0.15, 0.2) is 0 Å². The number of hydrogen-bond donors (Lipinski definition) is 1. The Hall–Kier alpha value is -1.64. The van der Waals surface area contributed by atoms with Crippen LogP contribution in [-0.2, 0) is 0 Å². The number of nitrogens with one attached hydrogen (secondary N) is 1. The molecule has 2 rings (SSSR count). The van der Waals surface area contributed by atoms with Crippen LogP contribution in [0.2, 0.25) is 0 Å². The van der Waals surface area contributed by atoms with Gasteiger partial charge in [0, 0.05) is 23.3 Å². The van der Waals surface area contributed by atoms with Crippen molar-refractivity contribution >= 4 is 16.6 Å². The molecule has 0 spiro atoms. The van der Waals surface area contributed by atoms with Crippen LogP contribution in [0, 0.1) is 0 Å². The van der Waals surface area contributed by atoms with E-state index in [9.17, 15) is 0 Å². The predicted molar refractivity (Wildman–Crippen MR) is 58.3 cm³/mol. The molecule has 1 aromatic carbocycles. The van der Waals surface area contributed by atoms with Gasteiger partial charge in [-0.25, -0.2) is 9.97 Å². The summed E-state index contributed by atoms with van der Waals surface area (Å²) < 4.78 is 0. The van der Waals surface area contributed by atoms with E-state index in [1.165, 1.54) is 0 Å². The Balaban J connectivity index is 2.41. The van der Waals surface area contributed by atoms with Crippen LogP contribution < -0.4 is 5.32 Å². The van der Waals surface area contributed by atoms with Gasteiger partial charge in [-0.1, -0.05) is 0 Å². The third-order valence-electron chi connectivity index (χ3n) is 1.96. The van der Waals surface area contributed by atoms with E-state index in [4.69, 9.17) is 0 Å². The first-order valence-corrected chi connectivity index (χ1v) is 4.72. The first kappa shape index (κ1) is 8.94. The molecular formula is C11H13N3. The Morgan fingerprint density at radius 1 is 1.29 bits per heavy atom. The maximum absolute atomic E-state index is 4.16. The fourth-order valence-electron chi connectivity index (χ4n) is 1.41. The van der Waals surface area contributed by atoms with Gasteiger partial charge < -0.3 is 5.32 Å². The zero-order chi connectivity index (χ0) is 9.97. The van der Waals surface area contributed by atoms with E-state index in [-0.39, 0.29) is 0 Å². The van der Waals surface area contributed by atoms with E-state index in [0.717, 1.165) is 16.6 Å². The van der Waals surface area contributed by atoms with Crippen LogP contribution in [0.4, 0.5) is 5.69 Å². The van der Waals surface area contributed by atoms with Crippen molar-refractivity contribution in [1.29, 1.82) is 0 Å². The molecule has 0 unspecified atom stereocenters. The number of hydrogen-bond acceptors (Lipinski definition) is 3. The molecule has 0 radical (unpaired) electrons. The Labute approximate surface area is 83.2 Å². The van der Waals surface area contributed by atoms with E-state index < -0.39 is 0 Å². The van der Waals surface area contributed by atoms with Gasteiger partial charge in [-0.3, -0.25) is 0 Å². The summed E-state index contributed by atoms with van der Waals surface area (Å²) >= 11 is 0. The molecule has 0 aliphatic rings. The molecule has 0 amide bonds. The van der Waals surface area contributed by atoms with Crippen LogP contribution in [0.15, 0.2) is 30.7 Å². The Morgan fingerprint density at radius 3 is 2.93 bits per heavy atom. The molecule has 1 heterocycles. The lowest BCUT2D eigenvalue weighted by Gasteiger charge is -2.09. The van der Waals surface area contributed by atoms with Crippen LogP contribution >= 0.6 is 0 Å². The van der Waals surface area contributed by atoms with Crippen molar-refractivity contribution < 1.29 is 0 Å². The van der Waals surface area contributed by atoms with Crippen LogP contribution in [0.1, 0.15) is 13.8 Å². The summed E-state index contributed by atoms with van der Waals surface area (Å²) in [7, 11) is 0. The molecule has 0 bridgehead atoms. The average Bonchev–Trinajstić information content (AvgIpc) is 2.17. The third kappa shape index (κ3) is 1.82. The van der Waals surface area contributed by atoms with E-state index in [0.29, 0.717) is 6.04 Å². The Bertz CT molecular complexity index is 437. The first-order valence-electron chi connectivity index (χ1n) is 4.72. The molecule has 0 saturated carbocycles. The molecule has 72 valence electrons. The fourth-order valence-corrected chi connectivity index (χ4v) is 1.41. The second-order valence-electron chi connectivity index (χ2n) is 3.60. The van der Waals surface area contributed by atoms with Crippen molar-refractivity contribution in [2.24, 2.45) is 0 Å². The van der Waals surface area contributed by atoms with Gasteiger partial charge in [-0.2, -0.15) is 0 Å². The van der Waals surface area contributed by atoms with Crippen molar-refractivity contribution in [2.75, 3.05) is 5.32 Å². The standard InChI is InChI=1S/C11H13N3/c1-8(2)14-10-3-4-11-9(5-10)6-12-7-13-11/h3-8,14H,1-2H3. The molecule has 14 heavy (non-hydrogen) atoms. The maximum atomic E-state index is 4.16. The summed E-state index contributed by atoms with van der Waals surface area (Å²) in [6, 6.07) is 6.55. The molecule has 1 N–H and O–H groups in total. The number of fused-ring (bicyclic) bond motifs is 1. The minimum Gasteiger partial charge on any atom is -0.383 e. The first-order chi connectivity index (χ1) is 6.75. The lowest BCUT2D eigenvalue weighted by Crippen LogP contribution is -2.09. The summed E-state index contributed by atoms with van der Waals surface area (Å²) in [6.45, 7) is 4.23. The molecular weight excluding hydrogens is 174 g/mol. The lowest BCUT2D eigenvalue weighted by atomic mass is 10.2. The van der Waals surface area contributed by atoms with Gasteiger partial charge in [0.25, 0.3) is 0 Å². The van der Waals surface area contributed by atoms with Gasteiger partial charge in [0.1, 0.15) is 6.33 Å². The van der Waals surface area contributed by atoms with Gasteiger partial charge in [0.05, 0.1) is 5.52 Å². The van der Waals surface area contributed by atoms with Crippen LogP contribution in [0.25, 0.3) is 10.9 Å². The van der Waals surface area contributed by atoms with E-state index in [1.807, 2.05) is 18.3 Å². The number of aromatic nitrogens is 2. The molecule has 3 nitrogen and oxygen atoms in total. The minimum atomic E-state index is 0.442. The largest absolute Gasteiger partial charge is 0.383 e. The molecule has 3 heteroatoms. The van der Waals surface area contributed by atoms with E-state index >= 15 is 0 Å². The summed E-state index contributed by atoms with van der Waals surface area (Å²) in [5.74, 6) is 0. The molecule has 0 aliphatic carbocycles. The average molecular weight is 187 g/mol. The molecule has 0 saturated heterocycles. The van der Waals surface area contributed by atoms with Crippen molar-refractivity contribution in [3.63, 3.8) is 0 Å². The van der Waals surface area contributed by atoms with E-state index in [2.05, 4.69) is 35.2 Å². The highest BCUT2D eigenvalue weighted by Gasteiger charge is 1.98. The molecule has 0 aliphatic heterocycles. The van der Waals surface area contributed by atoms with Crippen LogP contribution in [0.5, 0.6) is 0 Å². The highest BCUT2D eigenvalue weighted by molar-refractivity contribution is 5.81.